The van der Waals surface area contributed by atoms with E-state index < -0.39 is 5.91 Å². The molecule has 3 N–H and O–H groups in total. The fourth-order valence-corrected chi connectivity index (χ4v) is 2.53. The highest BCUT2D eigenvalue weighted by atomic mass is 16.5. The molecular weight excluding hydrogens is 344 g/mol. The number of para-hydroxylation sites is 2. The molecule has 6 nitrogen and oxygen atoms in total. The molecule has 0 fully saturated rings. The van der Waals surface area contributed by atoms with E-state index in [4.69, 9.17) is 4.74 Å². The zero-order valence-electron chi connectivity index (χ0n) is 14.4. The van der Waals surface area contributed by atoms with Crippen LogP contribution in [-0.2, 0) is 11.4 Å². The van der Waals surface area contributed by atoms with Crippen molar-refractivity contribution in [1.82, 2.24) is 0 Å². The number of phenolic OH excluding ortho intramolecular Hbond substituents is 1. The average Bonchev–Trinajstić information content (AvgIpc) is 2.69. The molecule has 0 aliphatic carbocycles. The third kappa shape index (κ3) is 4.64. The number of benzene rings is 3. The van der Waals surface area contributed by atoms with E-state index in [0.29, 0.717) is 18.7 Å². The topological polar surface area (TPSA) is 87.7 Å². The minimum atomic E-state index is -0.483. The number of carbonyl (C=O) groups excluding carboxylic acids is 2. The molecule has 27 heavy (non-hydrogen) atoms. The standard InChI is InChI=1S/C21H18N2O4/c24-14-22-19-11-5-10-18(20(19)25)21(26)23-16-7-4-6-15(12-16)13-27-17-8-2-1-3-9-17/h1-12,14,25H,13H2,(H,22,24)(H,23,26). The van der Waals surface area contributed by atoms with Gasteiger partial charge in [-0.15, -0.1) is 0 Å². The van der Waals surface area contributed by atoms with Gasteiger partial charge < -0.3 is 20.5 Å². The first-order valence-electron chi connectivity index (χ1n) is 8.27. The van der Waals surface area contributed by atoms with E-state index in [9.17, 15) is 14.7 Å². The summed E-state index contributed by atoms with van der Waals surface area (Å²) < 4.78 is 5.70. The smallest absolute Gasteiger partial charge is 0.259 e. The Hall–Kier alpha value is -3.80. The summed E-state index contributed by atoms with van der Waals surface area (Å²) in [5.41, 5.74) is 1.69. The van der Waals surface area contributed by atoms with Crippen LogP contribution in [-0.4, -0.2) is 17.4 Å². The van der Waals surface area contributed by atoms with E-state index in [1.165, 1.54) is 12.1 Å². The molecule has 0 aliphatic heterocycles. The summed E-state index contributed by atoms with van der Waals surface area (Å²) in [7, 11) is 0. The number of amides is 2. The van der Waals surface area contributed by atoms with Gasteiger partial charge in [-0.3, -0.25) is 9.59 Å². The number of rotatable bonds is 7. The molecule has 0 atom stereocenters. The summed E-state index contributed by atoms with van der Waals surface area (Å²) in [6.45, 7) is 0.359. The molecule has 0 aliphatic rings. The molecule has 0 spiro atoms. The SMILES string of the molecule is O=CNc1cccc(C(=O)Nc2cccc(COc3ccccc3)c2)c1O. The molecule has 0 radical (unpaired) electrons. The number of nitrogens with one attached hydrogen (secondary N) is 2. The van der Waals surface area contributed by atoms with Crippen molar-refractivity contribution in [2.24, 2.45) is 0 Å². The predicted molar refractivity (Wildman–Crippen MR) is 103 cm³/mol. The molecular formula is C21H18N2O4. The van der Waals surface area contributed by atoms with Crippen molar-refractivity contribution in [3.63, 3.8) is 0 Å². The van der Waals surface area contributed by atoms with E-state index in [1.54, 1.807) is 18.2 Å². The molecule has 3 rings (SSSR count). The number of carbonyl (C=O) groups is 2. The Labute approximate surface area is 156 Å². The Morgan fingerprint density at radius 3 is 2.56 bits per heavy atom. The van der Waals surface area contributed by atoms with E-state index in [1.807, 2.05) is 42.5 Å². The number of ether oxygens (including phenoxy) is 1. The van der Waals surface area contributed by atoms with Crippen molar-refractivity contribution in [3.05, 3.63) is 83.9 Å². The maximum atomic E-state index is 12.5. The monoisotopic (exact) mass is 362 g/mol. The molecule has 2 amide bonds. The van der Waals surface area contributed by atoms with E-state index in [0.717, 1.165) is 11.3 Å². The molecule has 3 aromatic rings. The molecule has 0 unspecified atom stereocenters. The van der Waals surface area contributed by atoms with Gasteiger partial charge >= 0.3 is 0 Å². The van der Waals surface area contributed by atoms with E-state index in [-0.39, 0.29) is 17.0 Å². The van der Waals surface area contributed by atoms with Gasteiger partial charge in [0.05, 0.1) is 11.3 Å². The normalized spacial score (nSPS) is 10.1. The lowest BCUT2D eigenvalue weighted by molar-refractivity contribution is -0.105. The molecule has 0 bridgehead atoms. The van der Waals surface area contributed by atoms with Gasteiger partial charge in [-0.05, 0) is 42.0 Å². The molecule has 0 saturated carbocycles. The highest BCUT2D eigenvalue weighted by molar-refractivity contribution is 6.07. The van der Waals surface area contributed by atoms with Gasteiger partial charge in [-0.25, -0.2) is 0 Å². The van der Waals surface area contributed by atoms with E-state index in [2.05, 4.69) is 10.6 Å². The maximum absolute atomic E-state index is 12.5. The van der Waals surface area contributed by atoms with Gasteiger partial charge in [-0.1, -0.05) is 36.4 Å². The molecule has 136 valence electrons. The van der Waals surface area contributed by atoms with Gasteiger partial charge in [0.15, 0.2) is 5.75 Å². The van der Waals surface area contributed by atoms with Crippen LogP contribution >= 0.6 is 0 Å². The van der Waals surface area contributed by atoms with Crippen LogP contribution < -0.4 is 15.4 Å². The van der Waals surface area contributed by atoms with Crippen molar-refractivity contribution >= 4 is 23.7 Å². The molecule has 6 heteroatoms. The van der Waals surface area contributed by atoms with Crippen molar-refractivity contribution in [1.29, 1.82) is 0 Å². The zero-order chi connectivity index (χ0) is 19.1. The summed E-state index contributed by atoms with van der Waals surface area (Å²) >= 11 is 0. The highest BCUT2D eigenvalue weighted by Gasteiger charge is 2.14. The maximum Gasteiger partial charge on any atom is 0.259 e. The average molecular weight is 362 g/mol. The van der Waals surface area contributed by atoms with Gasteiger partial charge in [-0.2, -0.15) is 0 Å². The second-order valence-corrected chi connectivity index (χ2v) is 5.72. The van der Waals surface area contributed by atoms with Crippen molar-refractivity contribution < 1.29 is 19.4 Å². The van der Waals surface area contributed by atoms with Crippen LogP contribution in [0.3, 0.4) is 0 Å². The summed E-state index contributed by atoms with van der Waals surface area (Å²) in [5.74, 6) is -0.00908. The van der Waals surface area contributed by atoms with Gasteiger partial charge in [0.2, 0.25) is 6.41 Å². The number of aromatic hydroxyl groups is 1. The minimum Gasteiger partial charge on any atom is -0.505 e. The Bertz CT molecular complexity index is 942. The summed E-state index contributed by atoms with van der Waals surface area (Å²) in [5, 5.41) is 15.2. The van der Waals surface area contributed by atoms with Gasteiger partial charge in [0, 0.05) is 5.69 Å². The molecule has 0 heterocycles. The molecule has 3 aromatic carbocycles. The van der Waals surface area contributed by atoms with Crippen molar-refractivity contribution in [3.8, 4) is 11.5 Å². The molecule has 0 aromatic heterocycles. The van der Waals surface area contributed by atoms with Crippen LogP contribution in [0, 0.1) is 0 Å². The van der Waals surface area contributed by atoms with E-state index >= 15 is 0 Å². The Morgan fingerprint density at radius 2 is 1.78 bits per heavy atom. The lowest BCUT2D eigenvalue weighted by Gasteiger charge is -2.11. The van der Waals surface area contributed by atoms with Crippen molar-refractivity contribution in [2.45, 2.75) is 6.61 Å². The first-order chi connectivity index (χ1) is 13.2. The lowest BCUT2D eigenvalue weighted by Crippen LogP contribution is -2.13. The number of phenols is 1. The first-order valence-corrected chi connectivity index (χ1v) is 8.27. The highest BCUT2D eigenvalue weighted by Crippen LogP contribution is 2.27. The van der Waals surface area contributed by atoms with Gasteiger partial charge in [0.25, 0.3) is 5.91 Å². The van der Waals surface area contributed by atoms with Crippen LogP contribution in [0.4, 0.5) is 11.4 Å². The van der Waals surface area contributed by atoms with Gasteiger partial charge in [0.1, 0.15) is 12.4 Å². The largest absolute Gasteiger partial charge is 0.505 e. The lowest BCUT2D eigenvalue weighted by atomic mass is 10.1. The minimum absolute atomic E-state index is 0.0628. The molecule has 0 saturated heterocycles. The fraction of sp³-hybridized carbons (Fsp3) is 0.0476. The Kier molecular flexibility index (Phi) is 5.69. The summed E-state index contributed by atoms with van der Waals surface area (Å²) in [6.07, 6.45) is 0.437. The number of hydrogen-bond donors (Lipinski definition) is 3. The Morgan fingerprint density at radius 1 is 1.00 bits per heavy atom. The van der Waals surface area contributed by atoms with Crippen LogP contribution in [0.15, 0.2) is 72.8 Å². The Balaban J connectivity index is 1.70. The van der Waals surface area contributed by atoms with Crippen LogP contribution in [0.2, 0.25) is 0 Å². The fourth-order valence-electron chi connectivity index (χ4n) is 2.53. The second kappa shape index (κ2) is 8.53. The second-order valence-electron chi connectivity index (χ2n) is 5.72. The first kappa shape index (κ1) is 18.0. The predicted octanol–water partition coefficient (Wildman–Crippen LogP) is 3.79. The van der Waals surface area contributed by atoms with Crippen LogP contribution in [0.5, 0.6) is 11.5 Å². The quantitative estimate of drug-likeness (QED) is 0.441. The van der Waals surface area contributed by atoms with Crippen LogP contribution in [0.1, 0.15) is 15.9 Å². The zero-order valence-corrected chi connectivity index (χ0v) is 14.4. The number of anilines is 2. The third-order valence-corrected chi connectivity index (χ3v) is 3.83. The summed E-state index contributed by atoms with van der Waals surface area (Å²) in [6, 6.07) is 21.2. The van der Waals surface area contributed by atoms with Crippen molar-refractivity contribution in [2.75, 3.05) is 10.6 Å². The third-order valence-electron chi connectivity index (χ3n) is 3.83. The number of hydrogen-bond acceptors (Lipinski definition) is 4. The van der Waals surface area contributed by atoms with Crippen LogP contribution in [0.25, 0.3) is 0 Å². The summed E-state index contributed by atoms with van der Waals surface area (Å²) in [4.78, 5) is 23.0.